The minimum Gasteiger partial charge on any atom is -0.374 e. The highest BCUT2D eigenvalue weighted by molar-refractivity contribution is 5.94. The number of halogens is 2. The molecule has 2 amide bonds. The van der Waals surface area contributed by atoms with Gasteiger partial charge in [0.15, 0.2) is 0 Å². The normalized spacial score (nSPS) is 23.0. The van der Waals surface area contributed by atoms with E-state index in [1.54, 1.807) is 0 Å². The van der Waals surface area contributed by atoms with Crippen molar-refractivity contribution in [2.75, 3.05) is 19.7 Å². The van der Waals surface area contributed by atoms with E-state index in [9.17, 15) is 18.4 Å². The van der Waals surface area contributed by atoms with Crippen LogP contribution < -0.4 is 5.32 Å². The Morgan fingerprint density at radius 1 is 1.24 bits per heavy atom. The topological polar surface area (TPSA) is 58.6 Å². The van der Waals surface area contributed by atoms with Crippen LogP contribution >= 0.6 is 0 Å². The number of benzene rings is 1. The molecule has 1 N–H and O–H groups in total. The lowest BCUT2D eigenvalue weighted by molar-refractivity contribution is -0.149. The van der Waals surface area contributed by atoms with Gasteiger partial charge in [0.1, 0.15) is 11.6 Å². The van der Waals surface area contributed by atoms with E-state index in [1.807, 2.05) is 4.90 Å². The van der Waals surface area contributed by atoms with Crippen molar-refractivity contribution in [3.05, 3.63) is 35.4 Å². The first-order valence-electron chi connectivity index (χ1n) is 8.70. The summed E-state index contributed by atoms with van der Waals surface area (Å²) >= 11 is 0. The Bertz CT molecular complexity index is 651. The van der Waals surface area contributed by atoms with E-state index in [0.717, 1.165) is 37.8 Å². The molecule has 0 bridgehead atoms. The van der Waals surface area contributed by atoms with Crippen LogP contribution in [0.3, 0.4) is 0 Å². The number of ether oxygens (including phenoxy) is 1. The summed E-state index contributed by atoms with van der Waals surface area (Å²) in [6.45, 7) is 1.23. The number of amides is 2. The van der Waals surface area contributed by atoms with Crippen molar-refractivity contribution in [2.45, 2.75) is 44.2 Å². The summed E-state index contributed by atoms with van der Waals surface area (Å²) in [7, 11) is 0. The molecule has 2 aliphatic rings. The van der Waals surface area contributed by atoms with E-state index in [-0.39, 0.29) is 36.6 Å². The van der Waals surface area contributed by atoms with Gasteiger partial charge in [-0.25, -0.2) is 8.78 Å². The lowest BCUT2D eigenvalue weighted by Gasteiger charge is -2.43. The van der Waals surface area contributed by atoms with Crippen molar-refractivity contribution in [2.24, 2.45) is 0 Å². The number of nitrogens with one attached hydrogen (secondary N) is 1. The molecule has 1 aliphatic carbocycles. The zero-order chi connectivity index (χ0) is 17.8. The van der Waals surface area contributed by atoms with Crippen molar-refractivity contribution in [3.63, 3.8) is 0 Å². The maximum absolute atomic E-state index is 13.6. The van der Waals surface area contributed by atoms with Crippen molar-refractivity contribution >= 4 is 11.8 Å². The lowest BCUT2D eigenvalue weighted by Crippen LogP contribution is -2.55. The average molecular weight is 352 g/mol. The molecule has 2 unspecified atom stereocenters. The molecule has 2 fully saturated rings. The number of carbonyl (C=O) groups excluding carboxylic acids is 2. The quantitative estimate of drug-likeness (QED) is 0.904. The maximum Gasteiger partial charge on any atom is 0.254 e. The second-order valence-corrected chi connectivity index (χ2v) is 6.48. The molecule has 136 valence electrons. The minimum atomic E-state index is -0.915. The molecular weight excluding hydrogens is 330 g/mol. The van der Waals surface area contributed by atoms with Crippen LogP contribution in [-0.2, 0) is 9.53 Å². The predicted octanol–water partition coefficient (Wildman–Crippen LogP) is 2.25. The standard InChI is InChI=1S/C18H22F2N2O3/c19-12-5-6-13(14(20)11-12)18(24)21-8-7-17(23)22-9-10-25-16-4-2-1-3-15(16)22/h5-6,11,15-16H,1-4,7-10H2,(H,21,24). The van der Waals surface area contributed by atoms with E-state index in [4.69, 9.17) is 4.74 Å². The molecule has 1 aliphatic heterocycles. The summed E-state index contributed by atoms with van der Waals surface area (Å²) in [6.07, 6.45) is 4.42. The predicted molar refractivity (Wildman–Crippen MR) is 87.0 cm³/mol. The van der Waals surface area contributed by atoms with E-state index in [2.05, 4.69) is 5.32 Å². The van der Waals surface area contributed by atoms with Gasteiger partial charge in [0, 0.05) is 25.6 Å². The molecule has 1 heterocycles. The second-order valence-electron chi connectivity index (χ2n) is 6.48. The molecule has 1 aromatic carbocycles. The maximum atomic E-state index is 13.6. The summed E-state index contributed by atoms with van der Waals surface area (Å²) in [5.41, 5.74) is -0.229. The highest BCUT2D eigenvalue weighted by atomic mass is 19.1. The number of morpholine rings is 1. The van der Waals surface area contributed by atoms with E-state index >= 15 is 0 Å². The Morgan fingerprint density at radius 3 is 2.84 bits per heavy atom. The van der Waals surface area contributed by atoms with Crippen LogP contribution in [0.25, 0.3) is 0 Å². The highest BCUT2D eigenvalue weighted by Crippen LogP contribution is 2.28. The fourth-order valence-electron chi connectivity index (χ4n) is 3.60. The van der Waals surface area contributed by atoms with Gasteiger partial charge >= 0.3 is 0 Å². The Morgan fingerprint density at radius 2 is 2.04 bits per heavy atom. The molecule has 25 heavy (non-hydrogen) atoms. The zero-order valence-electron chi connectivity index (χ0n) is 14.0. The van der Waals surface area contributed by atoms with Crippen LogP contribution in [0, 0.1) is 11.6 Å². The van der Waals surface area contributed by atoms with Gasteiger partial charge in [0.25, 0.3) is 5.91 Å². The third-order valence-corrected chi connectivity index (χ3v) is 4.85. The third kappa shape index (κ3) is 4.15. The molecule has 7 heteroatoms. The van der Waals surface area contributed by atoms with Crippen molar-refractivity contribution < 1.29 is 23.1 Å². The number of rotatable bonds is 4. The zero-order valence-corrected chi connectivity index (χ0v) is 14.0. The van der Waals surface area contributed by atoms with Crippen LogP contribution in [0.5, 0.6) is 0 Å². The summed E-state index contributed by atoms with van der Waals surface area (Å²) in [6, 6.07) is 2.91. The minimum absolute atomic E-state index is 0.0277. The van der Waals surface area contributed by atoms with Gasteiger partial charge in [-0.2, -0.15) is 0 Å². The first kappa shape index (κ1) is 17.8. The van der Waals surface area contributed by atoms with Crippen LogP contribution in [0.2, 0.25) is 0 Å². The number of hydrogen-bond donors (Lipinski definition) is 1. The summed E-state index contributed by atoms with van der Waals surface area (Å²) in [5, 5.41) is 2.52. The molecule has 5 nitrogen and oxygen atoms in total. The van der Waals surface area contributed by atoms with Crippen LogP contribution in [0.4, 0.5) is 8.78 Å². The van der Waals surface area contributed by atoms with E-state index in [0.29, 0.717) is 19.2 Å². The van der Waals surface area contributed by atoms with Gasteiger partial charge in [-0.15, -0.1) is 0 Å². The van der Waals surface area contributed by atoms with Crippen molar-refractivity contribution in [1.82, 2.24) is 10.2 Å². The SMILES string of the molecule is O=C(NCCC(=O)N1CCOC2CCCCC21)c1ccc(F)cc1F. The smallest absolute Gasteiger partial charge is 0.254 e. The Kier molecular flexibility index (Phi) is 5.63. The summed E-state index contributed by atoms with van der Waals surface area (Å²) in [5.74, 6) is -2.33. The van der Waals surface area contributed by atoms with Crippen molar-refractivity contribution in [1.29, 1.82) is 0 Å². The van der Waals surface area contributed by atoms with Gasteiger partial charge in [-0.1, -0.05) is 12.8 Å². The Balaban J connectivity index is 1.51. The molecule has 2 atom stereocenters. The molecule has 0 aromatic heterocycles. The van der Waals surface area contributed by atoms with Crippen molar-refractivity contribution in [3.8, 4) is 0 Å². The van der Waals surface area contributed by atoms with Crippen LogP contribution in [0.1, 0.15) is 42.5 Å². The number of fused-ring (bicyclic) bond motifs is 1. The van der Waals surface area contributed by atoms with Gasteiger partial charge in [0.05, 0.1) is 24.3 Å². The second kappa shape index (κ2) is 7.91. The van der Waals surface area contributed by atoms with Crippen LogP contribution in [0.15, 0.2) is 18.2 Å². The van der Waals surface area contributed by atoms with Gasteiger partial charge in [0.2, 0.25) is 5.91 Å². The molecule has 1 saturated carbocycles. The number of hydrogen-bond acceptors (Lipinski definition) is 3. The van der Waals surface area contributed by atoms with Gasteiger partial charge in [-0.05, 0) is 25.0 Å². The molecular formula is C18H22F2N2O3. The largest absolute Gasteiger partial charge is 0.374 e. The number of nitrogens with zero attached hydrogens (tertiary/aromatic N) is 1. The van der Waals surface area contributed by atoms with E-state index in [1.165, 1.54) is 0 Å². The molecule has 0 spiro atoms. The molecule has 0 radical (unpaired) electrons. The lowest BCUT2D eigenvalue weighted by atomic mass is 9.90. The summed E-state index contributed by atoms with van der Waals surface area (Å²) < 4.78 is 32.2. The van der Waals surface area contributed by atoms with E-state index < -0.39 is 17.5 Å². The van der Waals surface area contributed by atoms with Gasteiger partial charge < -0.3 is 15.0 Å². The molecule has 3 rings (SSSR count). The number of carbonyl (C=O) groups is 2. The van der Waals surface area contributed by atoms with Gasteiger partial charge in [-0.3, -0.25) is 9.59 Å². The first-order valence-corrected chi connectivity index (χ1v) is 8.70. The van der Waals surface area contributed by atoms with Crippen LogP contribution in [-0.4, -0.2) is 48.6 Å². The monoisotopic (exact) mass is 352 g/mol. The Labute approximate surface area is 145 Å². The fourth-order valence-corrected chi connectivity index (χ4v) is 3.60. The fraction of sp³-hybridized carbons (Fsp3) is 0.556. The molecule has 1 aromatic rings. The Hall–Kier alpha value is -2.02. The molecule has 1 saturated heterocycles. The average Bonchev–Trinajstić information content (AvgIpc) is 2.61. The highest BCUT2D eigenvalue weighted by Gasteiger charge is 2.36. The third-order valence-electron chi connectivity index (χ3n) is 4.85. The summed E-state index contributed by atoms with van der Waals surface area (Å²) in [4.78, 5) is 26.3. The first-order chi connectivity index (χ1) is 12.1.